The summed E-state index contributed by atoms with van der Waals surface area (Å²) in [6.45, 7) is 3.82. The molecule has 0 aliphatic heterocycles. The number of hydrogen-bond acceptors (Lipinski definition) is 7. The van der Waals surface area contributed by atoms with Gasteiger partial charge in [-0.05, 0) is 49.7 Å². The van der Waals surface area contributed by atoms with Gasteiger partial charge in [0, 0.05) is 11.4 Å². The number of nitrogens with one attached hydrogen (secondary N) is 2. The maximum atomic E-state index is 12.4. The molecule has 1 aromatic heterocycles. The van der Waals surface area contributed by atoms with Crippen LogP contribution in [0.15, 0.2) is 52.9 Å². The number of carbonyl (C=O) groups excluding carboxylic acids is 1. The fourth-order valence-electron chi connectivity index (χ4n) is 2.26. The molecule has 2 N–H and O–H groups in total. The van der Waals surface area contributed by atoms with Gasteiger partial charge in [0.25, 0.3) is 0 Å². The second kappa shape index (κ2) is 8.88. The summed E-state index contributed by atoms with van der Waals surface area (Å²) >= 11 is 2.80. The van der Waals surface area contributed by atoms with E-state index in [-0.39, 0.29) is 11.2 Å². The van der Waals surface area contributed by atoms with Crippen molar-refractivity contribution in [2.75, 3.05) is 17.7 Å². The summed E-state index contributed by atoms with van der Waals surface area (Å²) in [7, 11) is 1.63. The molecule has 0 bridgehead atoms. The molecule has 0 spiro atoms. The molecule has 6 nitrogen and oxygen atoms in total. The summed E-state index contributed by atoms with van der Waals surface area (Å²) in [5.74, 6) is 0.733. The van der Waals surface area contributed by atoms with Gasteiger partial charge in [-0.2, -0.15) is 0 Å². The van der Waals surface area contributed by atoms with Crippen LogP contribution < -0.4 is 15.4 Å². The molecule has 1 amide bonds. The topological polar surface area (TPSA) is 76.1 Å². The Labute approximate surface area is 166 Å². The van der Waals surface area contributed by atoms with Gasteiger partial charge in [0.05, 0.1) is 12.4 Å². The summed E-state index contributed by atoms with van der Waals surface area (Å²) in [5, 5.41) is 14.8. The van der Waals surface area contributed by atoms with Crippen LogP contribution in [0.4, 0.5) is 16.5 Å². The van der Waals surface area contributed by atoms with E-state index in [1.165, 1.54) is 23.1 Å². The first-order chi connectivity index (χ1) is 13.0. The summed E-state index contributed by atoms with van der Waals surface area (Å²) in [6, 6.07) is 15.3. The molecule has 0 aliphatic rings. The molecule has 0 fully saturated rings. The van der Waals surface area contributed by atoms with Gasteiger partial charge < -0.3 is 15.4 Å². The lowest BCUT2D eigenvalue weighted by molar-refractivity contribution is -0.115. The molecule has 2 aromatic carbocycles. The van der Waals surface area contributed by atoms with Gasteiger partial charge >= 0.3 is 0 Å². The number of ether oxygens (including phenoxy) is 1. The number of amides is 1. The maximum absolute atomic E-state index is 12.4. The molecule has 0 radical (unpaired) electrons. The van der Waals surface area contributed by atoms with E-state index in [4.69, 9.17) is 4.74 Å². The first kappa shape index (κ1) is 19.2. The average molecular weight is 401 g/mol. The van der Waals surface area contributed by atoms with Crippen molar-refractivity contribution < 1.29 is 9.53 Å². The Balaban J connectivity index is 1.57. The Morgan fingerprint density at radius 2 is 1.89 bits per heavy atom. The third kappa shape index (κ3) is 5.21. The highest BCUT2D eigenvalue weighted by atomic mass is 32.2. The smallest absolute Gasteiger partial charge is 0.237 e. The van der Waals surface area contributed by atoms with Gasteiger partial charge in [-0.1, -0.05) is 41.3 Å². The summed E-state index contributed by atoms with van der Waals surface area (Å²) < 4.78 is 5.88. The van der Waals surface area contributed by atoms with Gasteiger partial charge in [0.1, 0.15) is 5.75 Å². The van der Waals surface area contributed by atoms with Crippen molar-refractivity contribution in [3.63, 3.8) is 0 Å². The largest absolute Gasteiger partial charge is 0.497 e. The van der Waals surface area contributed by atoms with E-state index in [0.29, 0.717) is 5.13 Å². The van der Waals surface area contributed by atoms with E-state index in [1.807, 2.05) is 62.4 Å². The van der Waals surface area contributed by atoms with Crippen LogP contribution in [0.1, 0.15) is 12.5 Å². The van der Waals surface area contributed by atoms with E-state index in [9.17, 15) is 4.79 Å². The molecule has 0 aliphatic carbocycles. The zero-order valence-electron chi connectivity index (χ0n) is 15.2. The van der Waals surface area contributed by atoms with Gasteiger partial charge in [-0.15, -0.1) is 10.2 Å². The molecule has 0 saturated carbocycles. The van der Waals surface area contributed by atoms with Crippen molar-refractivity contribution in [3.8, 4) is 5.75 Å². The summed E-state index contributed by atoms with van der Waals surface area (Å²) in [5.41, 5.74) is 2.76. The number of benzene rings is 2. The fraction of sp³-hybridized carbons (Fsp3) is 0.211. The first-order valence-electron chi connectivity index (χ1n) is 8.33. The lowest BCUT2D eigenvalue weighted by Crippen LogP contribution is -2.22. The van der Waals surface area contributed by atoms with E-state index < -0.39 is 0 Å². The third-order valence-corrected chi connectivity index (χ3v) is 5.82. The standard InChI is InChI=1S/C19H20N4O2S2/c1-12-6-4-5-7-16(12)21-17(24)13(2)26-19-23-22-18(27-19)20-14-8-10-15(25-3)11-9-14/h4-11,13H,1-3H3,(H,20,22)(H,21,24)/t13-/m1/s1. The van der Waals surface area contributed by atoms with Gasteiger partial charge in [0.15, 0.2) is 4.34 Å². The molecular weight excluding hydrogens is 380 g/mol. The van der Waals surface area contributed by atoms with Crippen molar-refractivity contribution >= 4 is 45.5 Å². The highest BCUT2D eigenvalue weighted by Gasteiger charge is 2.18. The number of aryl methyl sites for hydroxylation is 1. The van der Waals surface area contributed by atoms with E-state index in [2.05, 4.69) is 20.8 Å². The van der Waals surface area contributed by atoms with Crippen molar-refractivity contribution in [2.24, 2.45) is 0 Å². The SMILES string of the molecule is COc1ccc(Nc2nnc(S[C@H](C)C(=O)Nc3ccccc3C)s2)cc1. The van der Waals surface area contributed by atoms with Crippen LogP contribution in [0.25, 0.3) is 0 Å². The zero-order chi connectivity index (χ0) is 19.2. The number of anilines is 3. The van der Waals surface area contributed by atoms with Crippen molar-refractivity contribution in [1.82, 2.24) is 10.2 Å². The van der Waals surface area contributed by atoms with Crippen LogP contribution in [-0.4, -0.2) is 28.5 Å². The number of rotatable bonds is 7. The minimum atomic E-state index is -0.286. The normalized spacial score (nSPS) is 11.7. The van der Waals surface area contributed by atoms with Gasteiger partial charge in [0.2, 0.25) is 11.0 Å². The Kier molecular flexibility index (Phi) is 6.31. The van der Waals surface area contributed by atoms with Crippen LogP contribution in [0.2, 0.25) is 0 Å². The summed E-state index contributed by atoms with van der Waals surface area (Å²) in [6.07, 6.45) is 0. The minimum absolute atomic E-state index is 0.0610. The monoisotopic (exact) mass is 400 g/mol. The van der Waals surface area contributed by atoms with Crippen LogP contribution in [-0.2, 0) is 4.79 Å². The van der Waals surface area contributed by atoms with Gasteiger partial charge in [-0.3, -0.25) is 4.79 Å². The second-order valence-corrected chi connectivity index (χ2v) is 8.36. The van der Waals surface area contributed by atoms with Gasteiger partial charge in [-0.25, -0.2) is 0 Å². The molecule has 8 heteroatoms. The molecule has 0 saturated heterocycles. The van der Waals surface area contributed by atoms with Crippen LogP contribution in [0.3, 0.4) is 0 Å². The lowest BCUT2D eigenvalue weighted by atomic mass is 10.2. The average Bonchev–Trinajstić information content (AvgIpc) is 3.11. The Hall–Kier alpha value is -2.58. The molecule has 3 aromatic rings. The highest BCUT2D eigenvalue weighted by Crippen LogP contribution is 2.31. The third-order valence-electron chi connectivity index (χ3n) is 3.80. The highest BCUT2D eigenvalue weighted by molar-refractivity contribution is 8.02. The Morgan fingerprint density at radius 1 is 1.15 bits per heavy atom. The number of methoxy groups -OCH3 is 1. The summed E-state index contributed by atoms with van der Waals surface area (Å²) in [4.78, 5) is 12.4. The number of hydrogen-bond donors (Lipinski definition) is 2. The number of carbonyl (C=O) groups is 1. The van der Waals surface area contributed by atoms with Crippen molar-refractivity contribution in [1.29, 1.82) is 0 Å². The number of para-hydroxylation sites is 1. The van der Waals surface area contributed by atoms with Crippen molar-refractivity contribution in [3.05, 3.63) is 54.1 Å². The predicted octanol–water partition coefficient (Wildman–Crippen LogP) is 4.72. The molecule has 27 heavy (non-hydrogen) atoms. The first-order valence-corrected chi connectivity index (χ1v) is 10.0. The molecule has 1 heterocycles. The molecule has 1 atom stereocenters. The Morgan fingerprint density at radius 3 is 2.59 bits per heavy atom. The lowest BCUT2D eigenvalue weighted by Gasteiger charge is -2.11. The van der Waals surface area contributed by atoms with E-state index in [0.717, 1.165) is 27.0 Å². The van der Waals surface area contributed by atoms with E-state index >= 15 is 0 Å². The van der Waals surface area contributed by atoms with Crippen LogP contribution >= 0.6 is 23.1 Å². The molecule has 3 rings (SSSR count). The molecule has 0 unspecified atom stereocenters. The number of nitrogens with zero attached hydrogens (tertiary/aromatic N) is 2. The zero-order valence-corrected chi connectivity index (χ0v) is 16.9. The fourth-order valence-corrected chi connectivity index (χ4v) is 4.17. The van der Waals surface area contributed by atoms with Crippen LogP contribution in [0, 0.1) is 6.92 Å². The minimum Gasteiger partial charge on any atom is -0.497 e. The van der Waals surface area contributed by atoms with Crippen LogP contribution in [0.5, 0.6) is 5.75 Å². The molecule has 140 valence electrons. The maximum Gasteiger partial charge on any atom is 0.237 e. The Bertz CT molecular complexity index is 912. The number of thioether (sulfide) groups is 1. The van der Waals surface area contributed by atoms with Crippen molar-refractivity contribution in [2.45, 2.75) is 23.4 Å². The van der Waals surface area contributed by atoms with E-state index in [1.54, 1.807) is 7.11 Å². The quantitative estimate of drug-likeness (QED) is 0.559. The number of aromatic nitrogens is 2. The predicted molar refractivity (Wildman–Crippen MR) is 111 cm³/mol. The molecular formula is C19H20N4O2S2. The second-order valence-electron chi connectivity index (χ2n) is 5.79.